The Hall–Kier alpha value is -0.0400. The fraction of sp³-hybridized carbons (Fsp3) is 0.917. The lowest BCUT2D eigenvalue weighted by molar-refractivity contribution is 0.568. The lowest BCUT2D eigenvalue weighted by Gasteiger charge is -2.03. The largest absolute Gasteiger partial charge is 0.317 e. The van der Waals surface area contributed by atoms with Gasteiger partial charge in [-0.25, -0.2) is 0 Å². The third-order valence-corrected chi connectivity index (χ3v) is 2.31. The van der Waals surface area contributed by atoms with Crippen LogP contribution in [-0.2, 0) is 0 Å². The van der Waals surface area contributed by atoms with Crippen molar-refractivity contribution in [2.75, 3.05) is 13.1 Å². The molecule has 0 spiro atoms. The maximum Gasteiger partial charge on any atom is -0.00489 e. The van der Waals surface area contributed by atoms with Gasteiger partial charge in [0.2, 0.25) is 0 Å². The zero-order valence-electron chi connectivity index (χ0n) is 9.28. The molecule has 0 aromatic heterocycles. The summed E-state index contributed by atoms with van der Waals surface area (Å²) < 4.78 is 0. The summed E-state index contributed by atoms with van der Waals surface area (Å²) in [4.78, 5) is 0. The molecule has 0 bridgehead atoms. The standard InChI is InChI=1S/C12H26N/c1-3-5-7-9-11-13-12-10-8-6-4-2/h13H,1,3-12H2,2H3. The Kier molecular flexibility index (Phi) is 11.9. The van der Waals surface area contributed by atoms with Crippen molar-refractivity contribution in [2.45, 2.75) is 58.3 Å². The quantitative estimate of drug-likeness (QED) is 0.512. The SMILES string of the molecule is [CH2]CCCCCNCCCCCC. The molecule has 13 heavy (non-hydrogen) atoms. The Morgan fingerprint density at radius 1 is 0.846 bits per heavy atom. The number of nitrogens with one attached hydrogen (secondary N) is 1. The van der Waals surface area contributed by atoms with Crippen molar-refractivity contribution in [2.24, 2.45) is 0 Å². The Balaban J connectivity index is 2.76. The van der Waals surface area contributed by atoms with E-state index in [4.69, 9.17) is 0 Å². The van der Waals surface area contributed by atoms with Gasteiger partial charge in [-0.15, -0.1) is 0 Å². The van der Waals surface area contributed by atoms with Crippen LogP contribution in [-0.4, -0.2) is 13.1 Å². The van der Waals surface area contributed by atoms with Gasteiger partial charge in [0.25, 0.3) is 0 Å². The molecule has 0 aromatic rings. The van der Waals surface area contributed by atoms with E-state index in [-0.39, 0.29) is 0 Å². The molecular formula is C12H26N. The number of hydrogen-bond donors (Lipinski definition) is 1. The van der Waals surface area contributed by atoms with Crippen LogP contribution in [0.15, 0.2) is 0 Å². The van der Waals surface area contributed by atoms with Crippen LogP contribution in [0.25, 0.3) is 0 Å². The predicted octanol–water partition coefficient (Wildman–Crippen LogP) is 3.55. The molecule has 0 amide bonds. The third-order valence-electron chi connectivity index (χ3n) is 2.31. The summed E-state index contributed by atoms with van der Waals surface area (Å²) in [6.45, 7) is 8.50. The second kappa shape index (κ2) is 12.0. The van der Waals surface area contributed by atoms with Crippen molar-refractivity contribution in [1.29, 1.82) is 0 Å². The molecule has 1 nitrogen and oxygen atoms in total. The monoisotopic (exact) mass is 184 g/mol. The van der Waals surface area contributed by atoms with E-state index in [2.05, 4.69) is 19.2 Å². The highest BCUT2D eigenvalue weighted by molar-refractivity contribution is 4.50. The van der Waals surface area contributed by atoms with Crippen molar-refractivity contribution in [1.82, 2.24) is 5.32 Å². The molecule has 0 aliphatic rings. The van der Waals surface area contributed by atoms with E-state index in [0.717, 1.165) is 6.42 Å². The van der Waals surface area contributed by atoms with Crippen molar-refractivity contribution in [3.8, 4) is 0 Å². The van der Waals surface area contributed by atoms with Crippen LogP contribution in [0.1, 0.15) is 58.3 Å². The molecule has 0 heterocycles. The molecule has 0 saturated carbocycles. The molecule has 0 unspecified atom stereocenters. The third kappa shape index (κ3) is 12.0. The van der Waals surface area contributed by atoms with Gasteiger partial charge >= 0.3 is 0 Å². The lowest BCUT2D eigenvalue weighted by Crippen LogP contribution is -2.16. The number of rotatable bonds is 10. The first-order valence-electron chi connectivity index (χ1n) is 5.91. The summed E-state index contributed by atoms with van der Waals surface area (Å²) in [5.74, 6) is 0. The van der Waals surface area contributed by atoms with Crippen LogP contribution >= 0.6 is 0 Å². The molecule has 1 radical (unpaired) electrons. The minimum atomic E-state index is 1.09. The Labute approximate surface area is 84.3 Å². The van der Waals surface area contributed by atoms with Gasteiger partial charge in [0.15, 0.2) is 0 Å². The van der Waals surface area contributed by atoms with Gasteiger partial charge in [0.05, 0.1) is 0 Å². The Morgan fingerprint density at radius 3 is 2.00 bits per heavy atom. The number of hydrogen-bond acceptors (Lipinski definition) is 1. The van der Waals surface area contributed by atoms with Crippen LogP contribution in [0.5, 0.6) is 0 Å². The highest BCUT2D eigenvalue weighted by Crippen LogP contribution is 1.98. The average Bonchev–Trinajstić information content (AvgIpc) is 2.16. The van der Waals surface area contributed by atoms with Crippen LogP contribution in [0.3, 0.4) is 0 Å². The van der Waals surface area contributed by atoms with Crippen molar-refractivity contribution in [3.63, 3.8) is 0 Å². The Morgan fingerprint density at radius 2 is 1.46 bits per heavy atom. The summed E-state index contributed by atoms with van der Waals surface area (Å²) >= 11 is 0. The molecule has 1 heteroatoms. The molecule has 0 rings (SSSR count). The summed E-state index contributed by atoms with van der Waals surface area (Å²) in [6.07, 6.45) is 10.5. The molecule has 0 atom stereocenters. The summed E-state index contributed by atoms with van der Waals surface area (Å²) in [6, 6.07) is 0. The lowest BCUT2D eigenvalue weighted by atomic mass is 10.2. The fourth-order valence-corrected chi connectivity index (χ4v) is 1.41. The summed E-state index contributed by atoms with van der Waals surface area (Å²) in [5, 5.41) is 3.48. The molecule has 0 aliphatic carbocycles. The minimum Gasteiger partial charge on any atom is -0.317 e. The van der Waals surface area contributed by atoms with Gasteiger partial charge in [-0.05, 0) is 25.9 Å². The van der Waals surface area contributed by atoms with Crippen molar-refractivity contribution >= 4 is 0 Å². The Bertz CT molecular complexity index is 71.2. The van der Waals surface area contributed by atoms with Gasteiger partial charge in [-0.1, -0.05) is 52.4 Å². The van der Waals surface area contributed by atoms with Crippen molar-refractivity contribution in [3.05, 3.63) is 6.92 Å². The van der Waals surface area contributed by atoms with Crippen LogP contribution < -0.4 is 5.32 Å². The zero-order valence-corrected chi connectivity index (χ0v) is 9.28. The van der Waals surface area contributed by atoms with E-state index in [1.165, 1.54) is 58.0 Å². The van der Waals surface area contributed by atoms with E-state index in [9.17, 15) is 0 Å². The van der Waals surface area contributed by atoms with E-state index in [1.54, 1.807) is 0 Å². The van der Waals surface area contributed by atoms with E-state index in [0.29, 0.717) is 0 Å². The molecule has 0 saturated heterocycles. The van der Waals surface area contributed by atoms with Gasteiger partial charge < -0.3 is 5.32 Å². The van der Waals surface area contributed by atoms with E-state index in [1.807, 2.05) is 0 Å². The number of unbranched alkanes of at least 4 members (excludes halogenated alkanes) is 6. The summed E-state index contributed by atoms with van der Waals surface area (Å²) in [7, 11) is 0. The maximum absolute atomic E-state index is 3.83. The fourth-order valence-electron chi connectivity index (χ4n) is 1.41. The molecular weight excluding hydrogens is 158 g/mol. The highest BCUT2D eigenvalue weighted by atomic mass is 14.8. The van der Waals surface area contributed by atoms with E-state index >= 15 is 0 Å². The van der Waals surface area contributed by atoms with Crippen molar-refractivity contribution < 1.29 is 0 Å². The first-order chi connectivity index (χ1) is 6.41. The second-order valence-corrected chi connectivity index (χ2v) is 3.72. The topological polar surface area (TPSA) is 12.0 Å². The molecule has 0 fully saturated rings. The normalized spacial score (nSPS) is 10.6. The maximum atomic E-state index is 3.83. The molecule has 0 aliphatic heterocycles. The molecule has 79 valence electrons. The smallest absolute Gasteiger partial charge is 0.00489 e. The van der Waals surface area contributed by atoms with Gasteiger partial charge in [0, 0.05) is 0 Å². The molecule has 1 N–H and O–H groups in total. The summed E-state index contributed by atoms with van der Waals surface area (Å²) in [5.41, 5.74) is 0. The van der Waals surface area contributed by atoms with E-state index < -0.39 is 0 Å². The zero-order chi connectivity index (χ0) is 9.78. The predicted molar refractivity (Wildman–Crippen MR) is 60.8 cm³/mol. The van der Waals surface area contributed by atoms with Gasteiger partial charge in [-0.3, -0.25) is 0 Å². The van der Waals surface area contributed by atoms with Gasteiger partial charge in [0.1, 0.15) is 0 Å². The first kappa shape index (κ1) is 13.0. The van der Waals surface area contributed by atoms with Crippen LogP contribution in [0.4, 0.5) is 0 Å². The molecule has 0 aromatic carbocycles. The van der Waals surface area contributed by atoms with Crippen LogP contribution in [0.2, 0.25) is 0 Å². The minimum absolute atomic E-state index is 1.09. The first-order valence-corrected chi connectivity index (χ1v) is 5.91. The second-order valence-electron chi connectivity index (χ2n) is 3.72. The van der Waals surface area contributed by atoms with Crippen LogP contribution in [0, 0.1) is 6.92 Å². The average molecular weight is 184 g/mol. The highest BCUT2D eigenvalue weighted by Gasteiger charge is 1.89. The van der Waals surface area contributed by atoms with Gasteiger partial charge in [-0.2, -0.15) is 0 Å².